The van der Waals surface area contributed by atoms with Gasteiger partial charge in [-0.25, -0.2) is 0 Å². The molecule has 0 radical (unpaired) electrons. The summed E-state index contributed by atoms with van der Waals surface area (Å²) >= 11 is 12.2. The van der Waals surface area contributed by atoms with E-state index in [2.05, 4.69) is 0 Å². The van der Waals surface area contributed by atoms with Crippen molar-refractivity contribution in [2.24, 2.45) is 0 Å². The second kappa shape index (κ2) is 6.51. The summed E-state index contributed by atoms with van der Waals surface area (Å²) in [6.45, 7) is 0.266. The highest BCUT2D eigenvalue weighted by Gasteiger charge is 2.12. The molecule has 2 aromatic carbocycles. The van der Waals surface area contributed by atoms with Crippen LogP contribution in [0.25, 0.3) is 0 Å². The van der Waals surface area contributed by atoms with E-state index in [1.807, 2.05) is 24.3 Å². The highest BCUT2D eigenvalue weighted by molar-refractivity contribution is 6.32. The number of hydrogen-bond donors (Lipinski definition) is 0. The molecule has 0 aromatic heterocycles. The van der Waals surface area contributed by atoms with Crippen molar-refractivity contribution >= 4 is 23.2 Å². The van der Waals surface area contributed by atoms with Crippen molar-refractivity contribution in [3.8, 4) is 17.6 Å². The van der Waals surface area contributed by atoms with Crippen molar-refractivity contribution in [1.82, 2.24) is 0 Å². The first kappa shape index (κ1) is 14.5. The van der Waals surface area contributed by atoms with Gasteiger partial charge in [-0.1, -0.05) is 41.4 Å². The summed E-state index contributed by atoms with van der Waals surface area (Å²) in [5.74, 6) is 0.814. The molecule has 2 rings (SSSR count). The van der Waals surface area contributed by atoms with Crippen molar-refractivity contribution < 1.29 is 9.47 Å². The summed E-state index contributed by atoms with van der Waals surface area (Å²) in [4.78, 5) is 0. The smallest absolute Gasteiger partial charge is 0.180 e. The lowest BCUT2D eigenvalue weighted by atomic mass is 10.2. The van der Waals surface area contributed by atoms with Gasteiger partial charge < -0.3 is 9.47 Å². The fourth-order valence-corrected chi connectivity index (χ4v) is 2.15. The molecular formula is C15H11Cl2NO2. The summed E-state index contributed by atoms with van der Waals surface area (Å²) in [6.07, 6.45) is 0. The molecule has 102 valence electrons. The normalized spacial score (nSPS) is 9.90. The SMILES string of the molecule is COc1cc(C#N)cc(Cl)c1OCc1ccccc1Cl. The first-order valence-corrected chi connectivity index (χ1v) is 6.55. The maximum Gasteiger partial charge on any atom is 0.180 e. The molecule has 0 heterocycles. The molecule has 5 heteroatoms. The Morgan fingerprint density at radius 2 is 1.90 bits per heavy atom. The van der Waals surface area contributed by atoms with Gasteiger partial charge in [-0.2, -0.15) is 5.26 Å². The number of nitriles is 1. The third-order valence-corrected chi connectivity index (χ3v) is 3.34. The van der Waals surface area contributed by atoms with Crippen molar-refractivity contribution in [2.45, 2.75) is 6.61 Å². The van der Waals surface area contributed by atoms with E-state index in [0.29, 0.717) is 27.1 Å². The fraction of sp³-hybridized carbons (Fsp3) is 0.133. The summed E-state index contributed by atoms with van der Waals surface area (Å²) in [6, 6.07) is 12.5. The van der Waals surface area contributed by atoms with Gasteiger partial charge in [0, 0.05) is 16.7 Å². The summed E-state index contributed by atoms with van der Waals surface area (Å²) in [7, 11) is 1.50. The Kier molecular flexibility index (Phi) is 4.73. The largest absolute Gasteiger partial charge is 0.493 e. The van der Waals surface area contributed by atoms with Gasteiger partial charge in [0.1, 0.15) is 6.61 Å². The molecule has 0 spiro atoms. The number of benzene rings is 2. The predicted molar refractivity (Wildman–Crippen MR) is 78.5 cm³/mol. The minimum atomic E-state index is 0.266. The molecule has 0 atom stereocenters. The molecule has 0 aliphatic heterocycles. The lowest BCUT2D eigenvalue weighted by molar-refractivity contribution is 0.285. The number of rotatable bonds is 4. The Morgan fingerprint density at radius 1 is 1.15 bits per heavy atom. The minimum Gasteiger partial charge on any atom is -0.493 e. The van der Waals surface area contributed by atoms with Crippen molar-refractivity contribution in [1.29, 1.82) is 5.26 Å². The molecule has 0 aliphatic rings. The number of ether oxygens (including phenoxy) is 2. The topological polar surface area (TPSA) is 42.2 Å². The summed E-state index contributed by atoms with van der Waals surface area (Å²) in [5, 5.41) is 9.84. The van der Waals surface area contributed by atoms with Gasteiger partial charge in [0.05, 0.1) is 23.8 Å². The van der Waals surface area contributed by atoms with Crippen LogP contribution in [0.3, 0.4) is 0 Å². The summed E-state index contributed by atoms with van der Waals surface area (Å²) in [5.41, 5.74) is 1.26. The van der Waals surface area contributed by atoms with E-state index in [1.54, 1.807) is 12.1 Å². The van der Waals surface area contributed by atoms with Gasteiger partial charge in [-0.15, -0.1) is 0 Å². The average molecular weight is 308 g/mol. The van der Waals surface area contributed by atoms with Gasteiger partial charge >= 0.3 is 0 Å². The molecule has 2 aromatic rings. The quantitative estimate of drug-likeness (QED) is 0.838. The Balaban J connectivity index is 2.26. The third-order valence-electron chi connectivity index (χ3n) is 2.69. The van der Waals surface area contributed by atoms with Gasteiger partial charge in [0.15, 0.2) is 11.5 Å². The highest BCUT2D eigenvalue weighted by Crippen LogP contribution is 2.37. The van der Waals surface area contributed by atoms with Crippen LogP contribution in [-0.4, -0.2) is 7.11 Å². The van der Waals surface area contributed by atoms with E-state index in [-0.39, 0.29) is 6.61 Å². The molecule has 0 aliphatic carbocycles. The molecule has 0 saturated carbocycles. The zero-order valence-corrected chi connectivity index (χ0v) is 12.2. The van der Waals surface area contributed by atoms with Crippen LogP contribution in [0, 0.1) is 11.3 Å². The Bertz CT molecular complexity index is 665. The molecule has 0 saturated heterocycles. The number of nitrogens with zero attached hydrogens (tertiary/aromatic N) is 1. The van der Waals surface area contributed by atoms with Crippen LogP contribution in [0.2, 0.25) is 10.0 Å². The zero-order chi connectivity index (χ0) is 14.5. The van der Waals surface area contributed by atoms with Crippen LogP contribution in [0.15, 0.2) is 36.4 Å². The van der Waals surface area contributed by atoms with Gasteiger partial charge in [-0.05, 0) is 12.1 Å². The van der Waals surface area contributed by atoms with Crippen LogP contribution in [0.4, 0.5) is 0 Å². The molecule has 0 unspecified atom stereocenters. The lowest BCUT2D eigenvalue weighted by Crippen LogP contribution is -1.99. The van der Waals surface area contributed by atoms with Gasteiger partial charge in [0.25, 0.3) is 0 Å². The fourth-order valence-electron chi connectivity index (χ4n) is 1.69. The number of methoxy groups -OCH3 is 1. The number of halogens is 2. The van der Waals surface area contributed by atoms with Crippen LogP contribution in [0.5, 0.6) is 11.5 Å². The van der Waals surface area contributed by atoms with E-state index in [0.717, 1.165) is 5.56 Å². The van der Waals surface area contributed by atoms with Gasteiger partial charge in [0.2, 0.25) is 0 Å². The van der Waals surface area contributed by atoms with Crippen LogP contribution >= 0.6 is 23.2 Å². The molecular weight excluding hydrogens is 297 g/mol. The molecule has 0 amide bonds. The molecule has 0 bridgehead atoms. The van der Waals surface area contributed by atoms with Gasteiger partial charge in [-0.3, -0.25) is 0 Å². The zero-order valence-electron chi connectivity index (χ0n) is 10.7. The third kappa shape index (κ3) is 3.16. The van der Waals surface area contributed by atoms with E-state index in [4.69, 9.17) is 37.9 Å². The minimum absolute atomic E-state index is 0.266. The predicted octanol–water partition coefficient (Wildman–Crippen LogP) is 4.45. The maximum absolute atomic E-state index is 8.89. The molecule has 20 heavy (non-hydrogen) atoms. The Hall–Kier alpha value is -1.89. The Morgan fingerprint density at radius 3 is 2.55 bits per heavy atom. The second-order valence-electron chi connectivity index (χ2n) is 3.98. The Labute approximate surface area is 127 Å². The van der Waals surface area contributed by atoms with Crippen molar-refractivity contribution in [3.63, 3.8) is 0 Å². The first-order chi connectivity index (χ1) is 9.65. The van der Waals surface area contributed by atoms with E-state index < -0.39 is 0 Å². The van der Waals surface area contributed by atoms with Crippen LogP contribution in [0.1, 0.15) is 11.1 Å². The standard InChI is InChI=1S/C15H11Cl2NO2/c1-19-14-7-10(8-18)6-13(17)15(14)20-9-11-4-2-3-5-12(11)16/h2-7H,9H2,1H3. The van der Waals surface area contributed by atoms with E-state index in [9.17, 15) is 0 Å². The molecule has 0 fully saturated rings. The molecule has 0 N–H and O–H groups in total. The van der Waals surface area contributed by atoms with E-state index in [1.165, 1.54) is 13.2 Å². The second-order valence-corrected chi connectivity index (χ2v) is 4.80. The highest BCUT2D eigenvalue weighted by atomic mass is 35.5. The monoisotopic (exact) mass is 307 g/mol. The average Bonchev–Trinajstić information content (AvgIpc) is 2.46. The lowest BCUT2D eigenvalue weighted by Gasteiger charge is -2.13. The van der Waals surface area contributed by atoms with E-state index >= 15 is 0 Å². The number of hydrogen-bond acceptors (Lipinski definition) is 3. The van der Waals surface area contributed by atoms with Crippen LogP contribution < -0.4 is 9.47 Å². The maximum atomic E-state index is 8.89. The van der Waals surface area contributed by atoms with Crippen LogP contribution in [-0.2, 0) is 6.61 Å². The van der Waals surface area contributed by atoms with Crippen molar-refractivity contribution in [3.05, 3.63) is 57.6 Å². The van der Waals surface area contributed by atoms with Crippen molar-refractivity contribution in [2.75, 3.05) is 7.11 Å². The summed E-state index contributed by atoms with van der Waals surface area (Å²) < 4.78 is 10.9. The molecule has 3 nitrogen and oxygen atoms in total. The first-order valence-electron chi connectivity index (χ1n) is 5.79.